The smallest absolute Gasteiger partial charge is 0.407 e. The Morgan fingerprint density at radius 3 is 2.29 bits per heavy atom. The van der Waals surface area contributed by atoms with Gasteiger partial charge in [-0.3, -0.25) is 4.79 Å². The van der Waals surface area contributed by atoms with Crippen LogP contribution in [0.15, 0.2) is 48.5 Å². The molecule has 2 atom stereocenters. The molecule has 1 saturated heterocycles. The van der Waals surface area contributed by atoms with Crippen molar-refractivity contribution in [1.29, 1.82) is 0 Å². The highest BCUT2D eigenvalue weighted by atomic mass is 32.2. The zero-order valence-electron chi connectivity index (χ0n) is 19.4. The van der Waals surface area contributed by atoms with Crippen molar-refractivity contribution in [3.8, 4) is 11.1 Å². The minimum absolute atomic E-state index is 0.0378. The number of carbonyl (C=O) groups is 3. The number of nitrogens with zero attached hydrogens (tertiary/aromatic N) is 1. The Balaban J connectivity index is 1.37. The molecule has 0 saturated carbocycles. The first kappa shape index (κ1) is 24.1. The summed E-state index contributed by atoms with van der Waals surface area (Å²) in [4.78, 5) is 38.6. The maximum absolute atomic E-state index is 13.1. The lowest BCUT2D eigenvalue weighted by Crippen LogP contribution is -2.47. The molecule has 0 spiro atoms. The minimum atomic E-state index is -0.994. The van der Waals surface area contributed by atoms with Gasteiger partial charge in [-0.1, -0.05) is 62.4 Å². The lowest BCUT2D eigenvalue weighted by molar-refractivity contribution is -0.149. The third kappa shape index (κ3) is 5.06. The fourth-order valence-corrected chi connectivity index (χ4v) is 5.95. The van der Waals surface area contributed by atoms with Crippen molar-refractivity contribution in [2.75, 3.05) is 24.8 Å². The predicted octanol–water partition coefficient (Wildman–Crippen LogP) is 4.17. The lowest BCUT2D eigenvalue weighted by Gasteiger charge is -2.27. The van der Waals surface area contributed by atoms with E-state index in [1.165, 1.54) is 16.7 Å². The number of aliphatic carboxylic acids is 1. The summed E-state index contributed by atoms with van der Waals surface area (Å²) >= 11 is 1.43. The monoisotopic (exact) mass is 482 g/mol. The molecule has 2 aromatic carbocycles. The third-order valence-corrected chi connectivity index (χ3v) is 7.40. The third-order valence-electron chi connectivity index (χ3n) is 6.39. The van der Waals surface area contributed by atoms with E-state index in [4.69, 9.17) is 4.74 Å². The van der Waals surface area contributed by atoms with Crippen LogP contribution in [0.25, 0.3) is 11.1 Å². The minimum Gasteiger partial charge on any atom is -0.480 e. The van der Waals surface area contributed by atoms with E-state index >= 15 is 0 Å². The summed E-state index contributed by atoms with van der Waals surface area (Å²) in [5, 5.41) is 12.2. The van der Waals surface area contributed by atoms with Crippen LogP contribution in [0, 0.1) is 11.8 Å². The van der Waals surface area contributed by atoms with Crippen molar-refractivity contribution >= 4 is 29.7 Å². The van der Waals surface area contributed by atoms with Gasteiger partial charge in [0.05, 0.1) is 11.8 Å². The number of carbonyl (C=O) groups excluding carboxylic acids is 2. The van der Waals surface area contributed by atoms with Crippen LogP contribution in [0.3, 0.4) is 0 Å². The van der Waals surface area contributed by atoms with Crippen molar-refractivity contribution in [3.05, 3.63) is 59.7 Å². The van der Waals surface area contributed by atoms with E-state index < -0.39 is 24.0 Å². The van der Waals surface area contributed by atoms with Crippen LogP contribution in [0.4, 0.5) is 4.79 Å². The van der Waals surface area contributed by atoms with Crippen LogP contribution in [0.5, 0.6) is 0 Å². The SMILES string of the molecule is CC(C)CC(CNC(=O)OCC1c2ccccc2-c2ccccc21)C(=O)N1CSCC1C(=O)O. The van der Waals surface area contributed by atoms with Gasteiger partial charge >= 0.3 is 12.1 Å². The molecule has 2 aliphatic rings. The normalized spacial score (nSPS) is 17.9. The van der Waals surface area contributed by atoms with Crippen LogP contribution >= 0.6 is 11.8 Å². The zero-order chi connectivity index (χ0) is 24.2. The van der Waals surface area contributed by atoms with E-state index in [0.29, 0.717) is 18.1 Å². The summed E-state index contributed by atoms with van der Waals surface area (Å²) in [7, 11) is 0. The van der Waals surface area contributed by atoms with Crippen LogP contribution in [0.1, 0.15) is 37.3 Å². The Morgan fingerprint density at radius 1 is 1.09 bits per heavy atom. The number of hydrogen-bond donors (Lipinski definition) is 2. The van der Waals surface area contributed by atoms with E-state index in [2.05, 4.69) is 29.6 Å². The molecule has 180 valence electrons. The Hall–Kier alpha value is -3.00. The summed E-state index contributed by atoms with van der Waals surface area (Å²) in [6.45, 7) is 4.32. The summed E-state index contributed by atoms with van der Waals surface area (Å²) in [5.41, 5.74) is 4.59. The second-order valence-electron chi connectivity index (χ2n) is 9.19. The van der Waals surface area contributed by atoms with Gasteiger partial charge in [0.1, 0.15) is 12.6 Å². The maximum atomic E-state index is 13.1. The van der Waals surface area contributed by atoms with Gasteiger partial charge in [0.25, 0.3) is 0 Å². The predicted molar refractivity (Wildman–Crippen MR) is 132 cm³/mol. The molecule has 2 amide bonds. The number of carboxylic acid groups (broad SMARTS) is 1. The van der Waals surface area contributed by atoms with Gasteiger partial charge in [-0.05, 0) is 34.6 Å². The standard InChI is InChI=1S/C26H30N2O5S/c1-16(2)11-17(24(29)28-15-34-14-23(28)25(30)31)12-27-26(32)33-13-22-20-9-5-3-7-18(20)19-8-4-6-10-21(19)22/h3-10,16-17,22-23H,11-15H2,1-2H3,(H,27,32)(H,30,31). The highest BCUT2D eigenvalue weighted by Crippen LogP contribution is 2.44. The Morgan fingerprint density at radius 2 is 1.71 bits per heavy atom. The molecule has 0 radical (unpaired) electrons. The Labute approximate surface area is 203 Å². The Kier molecular flexibility index (Phi) is 7.46. The van der Waals surface area contributed by atoms with Crippen molar-refractivity contribution in [3.63, 3.8) is 0 Å². The maximum Gasteiger partial charge on any atom is 0.407 e. The Bertz CT molecular complexity index is 1030. The van der Waals surface area contributed by atoms with Gasteiger partial charge in [-0.2, -0.15) is 0 Å². The molecule has 34 heavy (non-hydrogen) atoms. The van der Waals surface area contributed by atoms with Crippen molar-refractivity contribution < 1.29 is 24.2 Å². The molecule has 8 heteroatoms. The highest BCUT2D eigenvalue weighted by molar-refractivity contribution is 7.99. The molecule has 2 N–H and O–H groups in total. The van der Waals surface area contributed by atoms with Gasteiger partial charge < -0.3 is 20.1 Å². The number of benzene rings is 2. The molecular weight excluding hydrogens is 452 g/mol. The fraction of sp³-hybridized carbons (Fsp3) is 0.423. The summed E-state index contributed by atoms with van der Waals surface area (Å²) in [6.07, 6.45) is -0.0234. The second-order valence-corrected chi connectivity index (χ2v) is 10.2. The molecule has 0 aromatic heterocycles. The van der Waals surface area contributed by atoms with Crippen LogP contribution in [-0.2, 0) is 14.3 Å². The lowest BCUT2D eigenvalue weighted by atomic mass is 9.95. The largest absolute Gasteiger partial charge is 0.480 e. The number of hydrogen-bond acceptors (Lipinski definition) is 5. The number of alkyl carbamates (subject to hydrolysis) is 1. The molecule has 1 fully saturated rings. The number of fused-ring (bicyclic) bond motifs is 3. The van der Waals surface area contributed by atoms with Gasteiger partial charge in [0.2, 0.25) is 5.91 Å². The van der Waals surface area contributed by atoms with Crippen molar-refractivity contribution in [1.82, 2.24) is 10.2 Å². The summed E-state index contributed by atoms with van der Waals surface area (Å²) < 4.78 is 5.59. The molecule has 2 unspecified atom stereocenters. The van der Waals surface area contributed by atoms with Crippen LogP contribution in [0.2, 0.25) is 0 Å². The van der Waals surface area contributed by atoms with Crippen LogP contribution in [-0.4, -0.2) is 58.8 Å². The van der Waals surface area contributed by atoms with Crippen molar-refractivity contribution in [2.24, 2.45) is 11.8 Å². The van der Waals surface area contributed by atoms with Gasteiger partial charge in [-0.15, -0.1) is 11.8 Å². The number of nitrogens with one attached hydrogen (secondary N) is 1. The van der Waals surface area contributed by atoms with E-state index in [1.807, 2.05) is 38.1 Å². The van der Waals surface area contributed by atoms with Gasteiger partial charge in [-0.25, -0.2) is 9.59 Å². The molecule has 7 nitrogen and oxygen atoms in total. The quantitative estimate of drug-likeness (QED) is 0.586. The molecule has 2 aromatic rings. The fourth-order valence-electron chi connectivity index (χ4n) is 4.80. The first-order valence-electron chi connectivity index (χ1n) is 11.6. The molecule has 1 aliphatic heterocycles. The van der Waals surface area contributed by atoms with E-state index in [0.717, 1.165) is 22.3 Å². The second kappa shape index (κ2) is 10.5. The topological polar surface area (TPSA) is 95.9 Å². The first-order valence-corrected chi connectivity index (χ1v) is 12.7. The van der Waals surface area contributed by atoms with E-state index in [9.17, 15) is 19.5 Å². The van der Waals surface area contributed by atoms with E-state index in [1.54, 1.807) is 0 Å². The number of rotatable bonds is 8. The zero-order valence-corrected chi connectivity index (χ0v) is 20.2. The van der Waals surface area contributed by atoms with Crippen LogP contribution < -0.4 is 5.32 Å². The molecule has 4 rings (SSSR count). The number of ether oxygens (including phenoxy) is 1. The number of amides is 2. The van der Waals surface area contributed by atoms with Gasteiger partial charge in [0.15, 0.2) is 0 Å². The molecule has 0 bridgehead atoms. The molecular formula is C26H30N2O5S. The summed E-state index contributed by atoms with van der Waals surface area (Å²) in [6, 6.07) is 15.5. The summed E-state index contributed by atoms with van der Waals surface area (Å²) in [5.74, 6) is -0.803. The van der Waals surface area contributed by atoms with E-state index in [-0.39, 0.29) is 30.9 Å². The average Bonchev–Trinajstić information content (AvgIpc) is 3.43. The first-order chi connectivity index (χ1) is 16.4. The average molecular weight is 483 g/mol. The van der Waals surface area contributed by atoms with Crippen molar-refractivity contribution in [2.45, 2.75) is 32.2 Å². The highest BCUT2D eigenvalue weighted by Gasteiger charge is 2.38. The van der Waals surface area contributed by atoms with Gasteiger partial charge in [0, 0.05) is 18.2 Å². The number of thioether (sulfide) groups is 1. The number of carboxylic acids is 1. The molecule has 1 aliphatic carbocycles. The molecule has 1 heterocycles.